The molecule has 0 spiro atoms. The quantitative estimate of drug-likeness (QED) is 0.449. The van der Waals surface area contributed by atoms with Gasteiger partial charge in [-0.25, -0.2) is 14.8 Å². The van der Waals surface area contributed by atoms with Gasteiger partial charge in [-0.15, -0.1) is 0 Å². The van der Waals surface area contributed by atoms with Crippen LogP contribution in [0.25, 0.3) is 10.4 Å². The summed E-state index contributed by atoms with van der Waals surface area (Å²) in [6, 6.07) is 7.88. The molecular formula is C28H35N7O4S. The molecule has 11 nitrogen and oxygen atoms in total. The molecule has 40 heavy (non-hydrogen) atoms. The Labute approximate surface area is 237 Å². The van der Waals surface area contributed by atoms with Gasteiger partial charge in [-0.3, -0.25) is 4.79 Å². The van der Waals surface area contributed by atoms with Crippen LogP contribution in [0.3, 0.4) is 0 Å². The zero-order chi connectivity index (χ0) is 28.3. The molecule has 1 atom stereocenters. The smallest absolute Gasteiger partial charge is 0.410 e. The maximum Gasteiger partial charge on any atom is 0.410 e. The molecule has 212 valence electrons. The topological polar surface area (TPSA) is 122 Å². The van der Waals surface area contributed by atoms with Crippen LogP contribution in [0.2, 0.25) is 0 Å². The molecule has 3 aromatic rings. The highest BCUT2D eigenvalue weighted by Crippen LogP contribution is 2.34. The van der Waals surface area contributed by atoms with Gasteiger partial charge in [-0.2, -0.15) is 4.98 Å². The van der Waals surface area contributed by atoms with E-state index in [9.17, 15) is 9.59 Å². The first-order chi connectivity index (χ1) is 19.1. The average molecular weight is 566 g/mol. The summed E-state index contributed by atoms with van der Waals surface area (Å²) in [5.74, 6) is 0.877. The molecule has 5 rings (SSSR count). The number of amides is 2. The number of nitrogens with one attached hydrogen (secondary N) is 2. The number of rotatable bonds is 6. The van der Waals surface area contributed by atoms with Crippen LogP contribution in [0.15, 0.2) is 36.7 Å². The van der Waals surface area contributed by atoms with Gasteiger partial charge in [0.1, 0.15) is 11.7 Å². The molecule has 2 aromatic heterocycles. The first-order valence-electron chi connectivity index (χ1n) is 13.5. The SMILES string of the molecule is Cc1cc(Nc2nccc(O[C@@H]3CCN(C(=O)OC(C)(C)C)C3)n2)cc(-c2cnc(N3CCCNC(=O)C3)s2)c1. The van der Waals surface area contributed by atoms with E-state index in [0.717, 1.165) is 39.8 Å². The lowest BCUT2D eigenvalue weighted by atomic mass is 10.1. The average Bonchev–Trinajstić information content (AvgIpc) is 3.50. The lowest BCUT2D eigenvalue weighted by molar-refractivity contribution is -0.119. The highest BCUT2D eigenvalue weighted by molar-refractivity contribution is 7.18. The molecule has 0 aliphatic carbocycles. The van der Waals surface area contributed by atoms with Gasteiger partial charge in [0.25, 0.3) is 0 Å². The van der Waals surface area contributed by atoms with Crippen LogP contribution >= 0.6 is 11.3 Å². The largest absolute Gasteiger partial charge is 0.472 e. The summed E-state index contributed by atoms with van der Waals surface area (Å²) in [7, 11) is 0. The molecule has 2 amide bonds. The Morgan fingerprint density at radius 3 is 2.88 bits per heavy atom. The van der Waals surface area contributed by atoms with Crippen LogP contribution < -0.4 is 20.3 Å². The van der Waals surface area contributed by atoms with Crippen LogP contribution in [0.5, 0.6) is 5.88 Å². The fraction of sp³-hybridized carbons (Fsp3) is 0.464. The lowest BCUT2D eigenvalue weighted by Gasteiger charge is -2.24. The Balaban J connectivity index is 1.24. The zero-order valence-corrected chi connectivity index (χ0v) is 24.1. The Kier molecular flexibility index (Phi) is 8.06. The number of anilines is 3. The van der Waals surface area contributed by atoms with E-state index >= 15 is 0 Å². The van der Waals surface area contributed by atoms with Crippen LogP contribution in [0.4, 0.5) is 21.6 Å². The monoisotopic (exact) mass is 565 g/mol. The number of carbonyl (C=O) groups is 2. The van der Waals surface area contributed by atoms with Crippen molar-refractivity contribution in [2.24, 2.45) is 0 Å². The molecule has 12 heteroatoms. The normalized spacial score (nSPS) is 17.8. The van der Waals surface area contributed by atoms with E-state index in [4.69, 9.17) is 9.47 Å². The van der Waals surface area contributed by atoms with E-state index in [0.29, 0.717) is 44.4 Å². The van der Waals surface area contributed by atoms with Crippen molar-refractivity contribution in [1.82, 2.24) is 25.2 Å². The number of likely N-dealkylation sites (tertiary alicyclic amines) is 1. The predicted octanol–water partition coefficient (Wildman–Crippen LogP) is 4.37. The number of aromatic nitrogens is 3. The first kappa shape index (κ1) is 27.6. The predicted molar refractivity (Wildman–Crippen MR) is 154 cm³/mol. The maximum atomic E-state index is 12.4. The Morgan fingerprint density at radius 1 is 1.20 bits per heavy atom. The summed E-state index contributed by atoms with van der Waals surface area (Å²) in [5, 5.41) is 7.04. The molecule has 2 N–H and O–H groups in total. The van der Waals surface area contributed by atoms with Crippen molar-refractivity contribution in [1.29, 1.82) is 0 Å². The Hall–Kier alpha value is -3.93. The third-order valence-corrected chi connectivity index (χ3v) is 7.46. The first-order valence-corrected chi connectivity index (χ1v) is 14.3. The minimum absolute atomic E-state index is 0.0239. The Bertz CT molecular complexity index is 1370. The molecule has 0 radical (unpaired) electrons. The van der Waals surface area contributed by atoms with E-state index in [1.54, 1.807) is 28.5 Å². The van der Waals surface area contributed by atoms with Crippen molar-refractivity contribution < 1.29 is 19.1 Å². The minimum atomic E-state index is -0.536. The molecule has 0 unspecified atom stereocenters. The van der Waals surface area contributed by atoms with Crippen LogP contribution in [0.1, 0.15) is 39.2 Å². The van der Waals surface area contributed by atoms with Crippen LogP contribution in [-0.4, -0.2) is 76.3 Å². The van der Waals surface area contributed by atoms with Crippen molar-refractivity contribution in [3.63, 3.8) is 0 Å². The van der Waals surface area contributed by atoms with Gasteiger partial charge in [-0.05, 0) is 57.4 Å². The number of hydrogen-bond acceptors (Lipinski definition) is 10. The van der Waals surface area contributed by atoms with Crippen molar-refractivity contribution in [3.8, 4) is 16.3 Å². The fourth-order valence-corrected chi connectivity index (χ4v) is 5.52. The summed E-state index contributed by atoms with van der Waals surface area (Å²) in [4.78, 5) is 42.6. The van der Waals surface area contributed by atoms with Gasteiger partial charge in [0, 0.05) is 50.2 Å². The molecule has 0 saturated carbocycles. The van der Waals surface area contributed by atoms with E-state index in [1.165, 1.54) is 0 Å². The van der Waals surface area contributed by atoms with Gasteiger partial charge >= 0.3 is 6.09 Å². The van der Waals surface area contributed by atoms with Gasteiger partial charge < -0.3 is 29.9 Å². The third-order valence-electron chi connectivity index (χ3n) is 6.36. The number of thiazole rings is 1. The zero-order valence-electron chi connectivity index (χ0n) is 23.3. The molecular weight excluding hydrogens is 530 g/mol. The van der Waals surface area contributed by atoms with E-state index in [2.05, 4.69) is 31.7 Å². The minimum Gasteiger partial charge on any atom is -0.472 e. The second-order valence-electron chi connectivity index (χ2n) is 11.0. The molecule has 2 saturated heterocycles. The maximum absolute atomic E-state index is 12.4. The van der Waals surface area contributed by atoms with Crippen LogP contribution in [-0.2, 0) is 9.53 Å². The molecule has 2 aliphatic rings. The van der Waals surface area contributed by atoms with Gasteiger partial charge in [-0.1, -0.05) is 17.4 Å². The van der Waals surface area contributed by atoms with E-state index < -0.39 is 5.60 Å². The third kappa shape index (κ3) is 7.17. The van der Waals surface area contributed by atoms with Gasteiger partial charge in [0.05, 0.1) is 18.0 Å². The summed E-state index contributed by atoms with van der Waals surface area (Å²) >= 11 is 1.57. The number of nitrogens with zero attached hydrogens (tertiary/aromatic N) is 5. The summed E-state index contributed by atoms with van der Waals surface area (Å²) in [6.45, 7) is 10.4. The van der Waals surface area contributed by atoms with Gasteiger partial charge in [0.15, 0.2) is 5.13 Å². The molecule has 2 fully saturated rings. The summed E-state index contributed by atoms with van der Waals surface area (Å²) in [5.41, 5.74) is 2.40. The second-order valence-corrected chi connectivity index (χ2v) is 12.0. The molecule has 1 aromatic carbocycles. The van der Waals surface area contributed by atoms with Crippen molar-refractivity contribution in [2.75, 3.05) is 42.9 Å². The van der Waals surface area contributed by atoms with E-state index in [-0.39, 0.29) is 18.1 Å². The molecule has 0 bridgehead atoms. The lowest BCUT2D eigenvalue weighted by Crippen LogP contribution is -2.36. The fourth-order valence-electron chi connectivity index (χ4n) is 4.60. The summed E-state index contributed by atoms with van der Waals surface area (Å²) in [6.07, 6.45) is 4.60. The highest BCUT2D eigenvalue weighted by Gasteiger charge is 2.31. The number of aryl methyl sites for hydroxylation is 1. The molecule has 2 aliphatic heterocycles. The number of benzene rings is 1. The van der Waals surface area contributed by atoms with Crippen molar-refractivity contribution in [3.05, 3.63) is 42.2 Å². The highest BCUT2D eigenvalue weighted by atomic mass is 32.1. The Morgan fingerprint density at radius 2 is 2.05 bits per heavy atom. The van der Waals surface area contributed by atoms with Crippen molar-refractivity contribution >= 4 is 40.1 Å². The summed E-state index contributed by atoms with van der Waals surface area (Å²) < 4.78 is 11.6. The standard InChI is InChI=1S/C28H35N7O4S/c1-18-12-19(22-15-31-26(40-22)34-10-5-8-29-23(36)17-34)14-20(13-18)32-25-30-9-6-24(33-25)38-21-7-11-35(16-21)27(37)39-28(2,3)4/h6,9,12-15,21H,5,7-8,10-11,16-17H2,1-4H3,(H,29,36)(H,30,32,33)/t21-/m1/s1. The van der Waals surface area contributed by atoms with Gasteiger partial charge in [0.2, 0.25) is 17.7 Å². The second kappa shape index (κ2) is 11.7. The van der Waals surface area contributed by atoms with E-state index in [1.807, 2.05) is 50.9 Å². The van der Waals surface area contributed by atoms with Crippen molar-refractivity contribution in [2.45, 2.75) is 52.2 Å². The molecule has 4 heterocycles. The number of hydrogen-bond donors (Lipinski definition) is 2. The number of carbonyl (C=O) groups excluding carboxylic acids is 2. The van der Waals surface area contributed by atoms with Crippen LogP contribution in [0, 0.1) is 6.92 Å². The number of ether oxygens (including phenoxy) is 2.